The summed E-state index contributed by atoms with van der Waals surface area (Å²) >= 11 is 0. The molecule has 2 aliphatic rings. The molecule has 2 saturated heterocycles. The first-order chi connectivity index (χ1) is 18.1. The predicted octanol–water partition coefficient (Wildman–Crippen LogP) is -1.59. The summed E-state index contributed by atoms with van der Waals surface area (Å²) in [7, 11) is 0. The molecule has 15 nitrogen and oxygen atoms in total. The lowest BCUT2D eigenvalue weighted by Gasteiger charge is -2.27. The summed E-state index contributed by atoms with van der Waals surface area (Å²) in [6, 6.07) is -4.69. The molecule has 2 rings (SSSR count). The minimum Gasteiger partial charge on any atom is -0.481 e. The number of aliphatic hydroxyl groups is 1. The third-order valence-corrected chi connectivity index (χ3v) is 6.72. The van der Waals surface area contributed by atoms with Crippen molar-refractivity contribution in [1.82, 2.24) is 16.0 Å². The molecular formula is C24H40N4O11. The van der Waals surface area contributed by atoms with Gasteiger partial charge in [-0.15, -0.1) is 0 Å². The molecule has 0 bridgehead atoms. The molecule has 0 aliphatic carbocycles. The second kappa shape index (κ2) is 13.5. The van der Waals surface area contributed by atoms with Crippen molar-refractivity contribution in [2.45, 2.75) is 115 Å². The molecule has 8 N–H and O–H groups in total. The minimum absolute atomic E-state index is 0.287. The van der Waals surface area contributed by atoms with Crippen LogP contribution in [0.2, 0.25) is 0 Å². The number of amides is 3. The van der Waals surface area contributed by atoms with Gasteiger partial charge in [-0.3, -0.25) is 19.2 Å². The number of ether oxygens (including phenoxy) is 3. The number of carbonyl (C=O) groups is 5. The van der Waals surface area contributed by atoms with Crippen molar-refractivity contribution in [1.29, 1.82) is 0 Å². The second-order valence-electron chi connectivity index (χ2n) is 10.4. The molecule has 39 heavy (non-hydrogen) atoms. The normalized spacial score (nSPS) is 27.4. The lowest BCUT2D eigenvalue weighted by Crippen LogP contribution is -2.56. The van der Waals surface area contributed by atoms with Gasteiger partial charge in [0.25, 0.3) is 0 Å². The van der Waals surface area contributed by atoms with Gasteiger partial charge < -0.3 is 51.2 Å². The fourth-order valence-corrected chi connectivity index (χ4v) is 4.33. The number of hydrogen-bond donors (Lipinski definition) is 7. The van der Waals surface area contributed by atoms with Crippen molar-refractivity contribution in [2.75, 3.05) is 0 Å². The summed E-state index contributed by atoms with van der Waals surface area (Å²) in [5.74, 6) is -6.07. The van der Waals surface area contributed by atoms with Gasteiger partial charge in [0.15, 0.2) is 12.1 Å². The summed E-state index contributed by atoms with van der Waals surface area (Å²) in [6.45, 7) is 8.08. The van der Waals surface area contributed by atoms with Crippen LogP contribution in [0, 0.1) is 5.92 Å². The summed E-state index contributed by atoms with van der Waals surface area (Å²) in [4.78, 5) is 60.7. The van der Waals surface area contributed by atoms with E-state index < -0.39 is 90.6 Å². The van der Waals surface area contributed by atoms with Gasteiger partial charge in [0.05, 0.1) is 0 Å². The maximum absolute atomic E-state index is 12.9. The minimum atomic E-state index is -1.33. The molecule has 0 aromatic heterocycles. The predicted molar refractivity (Wildman–Crippen MR) is 133 cm³/mol. The first kappa shape index (κ1) is 32.4. The van der Waals surface area contributed by atoms with E-state index in [0.29, 0.717) is 6.42 Å². The Morgan fingerprint density at radius 2 is 1.64 bits per heavy atom. The number of aliphatic carboxylic acids is 2. The summed E-state index contributed by atoms with van der Waals surface area (Å²) in [5.41, 5.74) is 6.09. The zero-order chi connectivity index (χ0) is 29.7. The van der Waals surface area contributed by atoms with Crippen molar-refractivity contribution in [2.24, 2.45) is 11.7 Å². The average molecular weight is 561 g/mol. The quantitative estimate of drug-likeness (QED) is 0.127. The molecule has 0 aromatic carbocycles. The van der Waals surface area contributed by atoms with E-state index in [0.717, 1.165) is 0 Å². The summed E-state index contributed by atoms with van der Waals surface area (Å²) in [6.07, 6.45) is -4.46. The molecule has 2 heterocycles. The van der Waals surface area contributed by atoms with Crippen LogP contribution in [0.15, 0.2) is 0 Å². The van der Waals surface area contributed by atoms with Crippen LogP contribution in [0.25, 0.3) is 0 Å². The largest absolute Gasteiger partial charge is 0.481 e. The highest BCUT2D eigenvalue weighted by atomic mass is 16.8. The Kier molecular flexibility index (Phi) is 11.2. The molecule has 1 unspecified atom stereocenters. The van der Waals surface area contributed by atoms with Crippen LogP contribution in [0.1, 0.15) is 60.3 Å². The lowest BCUT2D eigenvalue weighted by molar-refractivity contribution is -0.217. The van der Waals surface area contributed by atoms with Crippen LogP contribution in [0.3, 0.4) is 0 Å². The van der Waals surface area contributed by atoms with Crippen molar-refractivity contribution in [3.05, 3.63) is 0 Å². The first-order valence-corrected chi connectivity index (χ1v) is 12.9. The molecule has 0 radical (unpaired) electrons. The van der Waals surface area contributed by atoms with E-state index in [2.05, 4.69) is 16.0 Å². The van der Waals surface area contributed by atoms with Crippen LogP contribution in [-0.2, 0) is 38.2 Å². The molecule has 222 valence electrons. The highest BCUT2D eigenvalue weighted by Gasteiger charge is 2.55. The van der Waals surface area contributed by atoms with Gasteiger partial charge in [-0.1, -0.05) is 20.3 Å². The zero-order valence-corrected chi connectivity index (χ0v) is 22.7. The third-order valence-electron chi connectivity index (χ3n) is 6.72. The fraction of sp³-hybridized carbons (Fsp3) is 0.792. The number of nitrogens with one attached hydrogen (secondary N) is 3. The number of hydrogen-bond acceptors (Lipinski definition) is 10. The number of carboxylic acids is 2. The maximum Gasteiger partial charge on any atom is 0.326 e. The monoisotopic (exact) mass is 560 g/mol. The first-order valence-electron chi connectivity index (χ1n) is 12.9. The third kappa shape index (κ3) is 8.83. The molecular weight excluding hydrogens is 520 g/mol. The Hall–Kier alpha value is -2.85. The van der Waals surface area contributed by atoms with Gasteiger partial charge >= 0.3 is 11.9 Å². The SMILES string of the molecule is CC[C@H](C)[C@H](NC(=O)[C@H](C)NC(=O)[C@H](CCC(=O)O)NC(=O)C[C@H](N)C1O[C@@H]2OC(C)(C)O[C@@H]2[C@H]1O)C(=O)O. The van der Waals surface area contributed by atoms with Gasteiger partial charge in [0, 0.05) is 18.9 Å². The van der Waals surface area contributed by atoms with Gasteiger partial charge in [-0.05, 0) is 33.1 Å². The van der Waals surface area contributed by atoms with E-state index in [1.807, 2.05) is 0 Å². The highest BCUT2D eigenvalue weighted by Crippen LogP contribution is 2.38. The standard InChI is InChI=1S/C24H40N4O11/c1-6-10(2)16(22(35)36)28-20(33)11(3)26-21(34)13(7-8-15(30)31)27-14(29)9-12(25)18-17(32)19-23(37-18)39-24(4,5)38-19/h10-13,16-19,23,32H,6-9,25H2,1-5H3,(H,26,34)(H,27,29)(H,28,33)(H,30,31)(H,35,36)/t10-,11-,12-,13-,16-,17-,18?,19+,23+/m0/s1. The van der Waals surface area contributed by atoms with Crippen molar-refractivity contribution < 1.29 is 53.5 Å². The van der Waals surface area contributed by atoms with Crippen LogP contribution >= 0.6 is 0 Å². The molecule has 9 atom stereocenters. The van der Waals surface area contributed by atoms with Crippen molar-refractivity contribution in [3.8, 4) is 0 Å². The molecule has 0 spiro atoms. The Labute approximate surface area is 226 Å². The Bertz CT molecular complexity index is 930. The Balaban J connectivity index is 1.98. The second-order valence-corrected chi connectivity index (χ2v) is 10.4. The summed E-state index contributed by atoms with van der Waals surface area (Å²) in [5, 5.41) is 36.1. The number of fused-ring (bicyclic) bond motifs is 1. The topological polar surface area (TPSA) is 236 Å². The van der Waals surface area contributed by atoms with E-state index in [9.17, 15) is 34.2 Å². The van der Waals surface area contributed by atoms with Gasteiger partial charge in [-0.2, -0.15) is 0 Å². The molecule has 2 aliphatic heterocycles. The Morgan fingerprint density at radius 1 is 1.00 bits per heavy atom. The van der Waals surface area contributed by atoms with E-state index in [1.165, 1.54) is 6.92 Å². The lowest BCUT2D eigenvalue weighted by atomic mass is 9.99. The van der Waals surface area contributed by atoms with Crippen molar-refractivity contribution in [3.63, 3.8) is 0 Å². The molecule has 3 amide bonds. The molecule has 15 heteroatoms. The fourth-order valence-electron chi connectivity index (χ4n) is 4.33. The summed E-state index contributed by atoms with van der Waals surface area (Å²) < 4.78 is 16.8. The van der Waals surface area contributed by atoms with E-state index in [4.69, 9.17) is 25.1 Å². The van der Waals surface area contributed by atoms with Gasteiger partial charge in [-0.25, -0.2) is 4.79 Å². The van der Waals surface area contributed by atoms with Crippen LogP contribution in [0.5, 0.6) is 0 Å². The van der Waals surface area contributed by atoms with Gasteiger partial charge in [0.2, 0.25) is 17.7 Å². The van der Waals surface area contributed by atoms with E-state index in [-0.39, 0.29) is 18.8 Å². The van der Waals surface area contributed by atoms with Crippen LogP contribution in [-0.4, -0.2) is 99.5 Å². The number of aliphatic hydroxyl groups excluding tert-OH is 1. The highest BCUT2D eigenvalue weighted by molar-refractivity contribution is 5.93. The number of carbonyl (C=O) groups excluding carboxylic acids is 3. The molecule has 0 saturated carbocycles. The zero-order valence-electron chi connectivity index (χ0n) is 22.7. The van der Waals surface area contributed by atoms with Crippen molar-refractivity contribution >= 4 is 29.7 Å². The Morgan fingerprint density at radius 3 is 2.18 bits per heavy atom. The number of nitrogens with two attached hydrogens (primary N) is 1. The van der Waals surface area contributed by atoms with Crippen LogP contribution < -0.4 is 21.7 Å². The van der Waals surface area contributed by atoms with Crippen LogP contribution in [0.4, 0.5) is 0 Å². The van der Waals surface area contributed by atoms with E-state index >= 15 is 0 Å². The maximum atomic E-state index is 12.9. The number of rotatable bonds is 14. The number of carboxylic acid groups (broad SMARTS) is 2. The van der Waals surface area contributed by atoms with Gasteiger partial charge in [0.1, 0.15) is 36.4 Å². The average Bonchev–Trinajstić information content (AvgIpc) is 3.30. The smallest absolute Gasteiger partial charge is 0.326 e. The molecule has 0 aromatic rings. The van der Waals surface area contributed by atoms with E-state index in [1.54, 1.807) is 27.7 Å². The molecule has 2 fully saturated rings.